The zero-order valence-corrected chi connectivity index (χ0v) is 37.6. The van der Waals surface area contributed by atoms with Crippen LogP contribution in [0.4, 0.5) is 4.79 Å². The van der Waals surface area contributed by atoms with Crippen molar-refractivity contribution >= 4 is 35.1 Å². The second-order valence-corrected chi connectivity index (χ2v) is 26.7. The lowest BCUT2D eigenvalue weighted by molar-refractivity contribution is 0.0278. The first-order chi connectivity index (χ1) is 23.3. The molecule has 0 unspecified atom stereocenters. The second-order valence-electron chi connectivity index (χ2n) is 17.1. The molecule has 0 aliphatic heterocycles. The molecule has 2 aromatic rings. The topological polar surface area (TPSA) is 119 Å². The fourth-order valence-electron chi connectivity index (χ4n) is 3.94. The lowest BCUT2D eigenvalue weighted by Crippen LogP contribution is -2.40. The molecule has 0 saturated heterocycles. The summed E-state index contributed by atoms with van der Waals surface area (Å²) in [4.78, 5) is 13.8. The molecule has 0 saturated carbocycles. The summed E-state index contributed by atoms with van der Waals surface area (Å²) in [6.07, 6.45) is -0.355. The van der Waals surface area contributed by atoms with Crippen LogP contribution < -0.4 is 14.8 Å². The number of nitrogens with one attached hydrogen (secondary N) is 1. The van der Waals surface area contributed by atoms with Gasteiger partial charge in [0, 0.05) is 13.6 Å². The highest BCUT2D eigenvalue weighted by molar-refractivity contribution is 6.74. The van der Waals surface area contributed by atoms with Gasteiger partial charge >= 0.3 is 6.09 Å². The van der Waals surface area contributed by atoms with E-state index in [1.165, 1.54) is 4.90 Å². The van der Waals surface area contributed by atoms with Crippen molar-refractivity contribution in [2.45, 2.75) is 131 Å². The third-order valence-corrected chi connectivity index (χ3v) is 18.2. The molecule has 0 aromatic heterocycles. The van der Waals surface area contributed by atoms with E-state index in [0.29, 0.717) is 38.7 Å². The van der Waals surface area contributed by atoms with Gasteiger partial charge in [0.25, 0.3) is 0 Å². The van der Waals surface area contributed by atoms with Crippen LogP contribution in [-0.2, 0) is 40.0 Å². The van der Waals surface area contributed by atoms with Crippen LogP contribution in [0.15, 0.2) is 36.4 Å². The number of likely N-dealkylation sites (N-methyl/N-ethyl adjacent to an activating group) is 2. The molecule has 0 heterocycles. The Morgan fingerprint density at radius 2 is 1.08 bits per heavy atom. The second kappa shape index (κ2) is 21.7. The largest absolute Gasteiger partial charge is 0.492 e. The predicted octanol–water partition coefficient (Wildman–Crippen LogP) is 8.67. The van der Waals surface area contributed by atoms with Gasteiger partial charge in [0.05, 0.1) is 33.0 Å². The number of hydrogen-bond donors (Lipinski definition) is 3. The fourth-order valence-corrected chi connectivity index (χ4v) is 5.86. The van der Waals surface area contributed by atoms with E-state index in [-0.39, 0.29) is 41.8 Å². The summed E-state index contributed by atoms with van der Waals surface area (Å²) in [5.41, 5.74) is 3.13. The maximum Gasteiger partial charge on any atom is 0.410 e. The summed E-state index contributed by atoms with van der Waals surface area (Å²) in [7, 11) is -0.208. The smallest absolute Gasteiger partial charge is 0.410 e. The Hall–Kier alpha value is -2.17. The summed E-state index contributed by atoms with van der Waals surface area (Å²) in [5.74, 6) is 1.44. The van der Waals surface area contributed by atoms with Gasteiger partial charge in [0.1, 0.15) is 30.3 Å². The summed E-state index contributed by atoms with van der Waals surface area (Å²) in [5, 5.41) is 21.3. The highest BCUT2D eigenvalue weighted by atomic mass is 35.5. The number of carbonyl (C=O) groups is 1. The minimum Gasteiger partial charge on any atom is -0.492 e. The minimum absolute atomic E-state index is 0. The van der Waals surface area contributed by atoms with Crippen LogP contribution in [0, 0.1) is 0 Å². The first kappa shape index (κ1) is 49.8. The number of amides is 1. The maximum atomic E-state index is 12.3. The third-order valence-electron chi connectivity index (χ3n) is 9.25. The van der Waals surface area contributed by atoms with E-state index in [2.05, 4.69) is 79.1 Å². The van der Waals surface area contributed by atoms with Crippen LogP contribution in [-0.4, -0.2) is 83.8 Å². The highest BCUT2D eigenvalue weighted by Gasteiger charge is 2.38. The number of nitrogens with zero attached hydrogens (tertiary/aromatic N) is 1. The molecule has 0 fully saturated rings. The number of ether oxygens (including phenoxy) is 3. The Bertz CT molecular complexity index is 1280. The molecule has 1 amide bonds. The molecule has 0 radical (unpaired) electrons. The monoisotopic (exact) mass is 786 g/mol. The van der Waals surface area contributed by atoms with E-state index in [1.54, 1.807) is 25.2 Å². The first-order valence-corrected chi connectivity index (χ1v) is 23.8. The number of benzene rings is 2. The normalized spacial score (nSPS) is 12.3. The molecule has 2 aromatic carbocycles. The van der Waals surface area contributed by atoms with Crippen molar-refractivity contribution in [3.63, 3.8) is 0 Å². The van der Waals surface area contributed by atoms with Crippen molar-refractivity contribution in [2.24, 2.45) is 0 Å². The van der Waals surface area contributed by atoms with Gasteiger partial charge in [-0.05, 0) is 111 Å². The molecular formula is C39H71ClN2O8Si2. The van der Waals surface area contributed by atoms with Crippen molar-refractivity contribution in [3.8, 4) is 11.5 Å². The predicted molar refractivity (Wildman–Crippen MR) is 220 cm³/mol. The SMILES string of the molecule is CN(CCOc1cc(CO[Si](C)(C)C(C)(C)C)cc(CO[Si](C)(C)C(C)(C)C)c1)C(=O)OC(C)(C)C.CNCCOc1cc(CO)cc(CO)c1.Cl. The van der Waals surface area contributed by atoms with Crippen LogP contribution in [0.5, 0.6) is 11.5 Å². The minimum atomic E-state index is -1.89. The Labute approximate surface area is 323 Å². The molecule has 0 atom stereocenters. The average Bonchev–Trinajstić information content (AvgIpc) is 3.01. The Kier molecular flexibility index (Phi) is 20.8. The molecule has 2 rings (SSSR count). The van der Waals surface area contributed by atoms with Gasteiger partial charge in [-0.2, -0.15) is 0 Å². The Balaban J connectivity index is 0.00000135. The molecule has 0 bridgehead atoms. The van der Waals surface area contributed by atoms with Crippen molar-refractivity contribution < 1.29 is 38.1 Å². The molecule has 300 valence electrons. The van der Waals surface area contributed by atoms with Crippen LogP contribution in [0.25, 0.3) is 0 Å². The van der Waals surface area contributed by atoms with Crippen molar-refractivity contribution in [2.75, 3.05) is 40.4 Å². The van der Waals surface area contributed by atoms with Gasteiger partial charge < -0.3 is 43.5 Å². The van der Waals surface area contributed by atoms with Crippen molar-refractivity contribution in [1.82, 2.24) is 10.2 Å². The van der Waals surface area contributed by atoms with E-state index >= 15 is 0 Å². The molecule has 0 aliphatic carbocycles. The van der Waals surface area contributed by atoms with Gasteiger partial charge in [-0.3, -0.25) is 0 Å². The zero-order chi connectivity index (χ0) is 39.3. The number of hydrogen-bond acceptors (Lipinski definition) is 9. The lowest BCUT2D eigenvalue weighted by Gasteiger charge is -2.36. The molecule has 0 aliphatic rings. The highest BCUT2D eigenvalue weighted by Crippen LogP contribution is 2.38. The van der Waals surface area contributed by atoms with Crippen molar-refractivity contribution in [3.05, 3.63) is 58.7 Å². The number of carbonyl (C=O) groups excluding carboxylic acids is 1. The molecule has 13 heteroatoms. The number of halogens is 1. The van der Waals surface area contributed by atoms with Crippen LogP contribution in [0.3, 0.4) is 0 Å². The van der Waals surface area contributed by atoms with Crippen LogP contribution in [0.2, 0.25) is 36.3 Å². The quantitative estimate of drug-likeness (QED) is 0.114. The summed E-state index contributed by atoms with van der Waals surface area (Å²) in [6.45, 7) is 31.2. The average molecular weight is 788 g/mol. The third kappa shape index (κ3) is 18.2. The molecular weight excluding hydrogens is 716 g/mol. The van der Waals surface area contributed by atoms with E-state index in [0.717, 1.165) is 34.5 Å². The van der Waals surface area contributed by atoms with E-state index in [1.807, 2.05) is 40.0 Å². The van der Waals surface area contributed by atoms with E-state index in [4.69, 9.17) is 33.3 Å². The van der Waals surface area contributed by atoms with Gasteiger partial charge in [0.15, 0.2) is 16.6 Å². The van der Waals surface area contributed by atoms with E-state index in [9.17, 15) is 4.79 Å². The van der Waals surface area contributed by atoms with Crippen LogP contribution in [0.1, 0.15) is 84.6 Å². The van der Waals surface area contributed by atoms with Gasteiger partial charge in [-0.25, -0.2) is 4.79 Å². The van der Waals surface area contributed by atoms with Crippen molar-refractivity contribution in [1.29, 1.82) is 0 Å². The number of aliphatic hydroxyl groups excluding tert-OH is 2. The van der Waals surface area contributed by atoms with Crippen LogP contribution >= 0.6 is 12.4 Å². The van der Waals surface area contributed by atoms with Gasteiger partial charge in [-0.15, -0.1) is 12.4 Å². The standard InChI is InChI=1S/C28H53NO5Si2.C11H17NO3.ClH/c1-26(2,3)34-25(30)29(10)15-16-31-24-18-22(20-32-35(11,12)27(4,5)6)17-23(19-24)21-33-36(13,14)28(7,8)9;1-12-2-3-15-11-5-9(7-13)4-10(6-11)8-14;/h17-19H,15-16,20-21H2,1-14H3;4-6,12-14H,2-3,7-8H2,1H3;1H. The Morgan fingerprint density at radius 1 is 0.692 bits per heavy atom. The van der Waals surface area contributed by atoms with E-state index < -0.39 is 22.2 Å². The maximum absolute atomic E-state index is 12.3. The fraction of sp³-hybridized carbons (Fsp3) is 0.667. The van der Waals surface area contributed by atoms with Gasteiger partial charge in [0.2, 0.25) is 0 Å². The zero-order valence-electron chi connectivity index (χ0n) is 34.8. The molecule has 52 heavy (non-hydrogen) atoms. The molecule has 3 N–H and O–H groups in total. The molecule has 10 nitrogen and oxygen atoms in total. The molecule has 0 spiro atoms. The number of aliphatic hydroxyl groups is 2. The summed E-state index contributed by atoms with van der Waals surface area (Å²) >= 11 is 0. The summed E-state index contributed by atoms with van der Waals surface area (Å²) < 4.78 is 30.0. The number of rotatable bonds is 16. The lowest BCUT2D eigenvalue weighted by atomic mass is 10.1. The first-order valence-electron chi connectivity index (χ1n) is 17.9. The van der Waals surface area contributed by atoms with Gasteiger partial charge in [-0.1, -0.05) is 53.7 Å². The summed E-state index contributed by atoms with van der Waals surface area (Å²) in [6, 6.07) is 11.5. The Morgan fingerprint density at radius 3 is 1.44 bits per heavy atom.